The van der Waals surface area contributed by atoms with Crippen molar-refractivity contribution in [1.82, 2.24) is 14.5 Å². The average molecular weight is 381 g/mol. The molecule has 0 saturated carbocycles. The number of methoxy groups -OCH3 is 2. The number of nitrogens with zero attached hydrogens (tertiary/aromatic N) is 4. The molecule has 1 aromatic carbocycles. The molecule has 3 rings (SSSR count). The molecule has 1 fully saturated rings. The smallest absolute Gasteiger partial charge is 0.257 e. The van der Waals surface area contributed by atoms with Crippen molar-refractivity contribution >= 4 is 24.3 Å². The highest BCUT2D eigenvalue weighted by atomic mass is 35.5. The fourth-order valence-corrected chi connectivity index (χ4v) is 3.17. The number of aryl methyl sites for hydroxylation is 1. The molecule has 0 unspecified atom stereocenters. The Bertz CT molecular complexity index is 742. The van der Waals surface area contributed by atoms with Crippen molar-refractivity contribution in [3.8, 4) is 11.5 Å². The van der Waals surface area contributed by atoms with E-state index in [4.69, 9.17) is 9.47 Å². The fraction of sp³-hybridized carbons (Fsp3) is 0.444. The zero-order valence-electron chi connectivity index (χ0n) is 15.3. The van der Waals surface area contributed by atoms with Crippen LogP contribution in [0.5, 0.6) is 11.5 Å². The molecule has 1 aromatic heterocycles. The summed E-state index contributed by atoms with van der Waals surface area (Å²) in [7, 11) is 3.12. The Hall–Kier alpha value is -2.41. The average Bonchev–Trinajstić information content (AvgIpc) is 3.15. The first-order valence-corrected chi connectivity index (χ1v) is 8.46. The summed E-state index contributed by atoms with van der Waals surface area (Å²) in [5.74, 6) is 1.98. The monoisotopic (exact) mass is 380 g/mol. The molecule has 2 aromatic rings. The second-order valence-corrected chi connectivity index (χ2v) is 5.83. The summed E-state index contributed by atoms with van der Waals surface area (Å²) >= 11 is 0. The molecule has 0 atom stereocenters. The van der Waals surface area contributed by atoms with E-state index in [9.17, 15) is 4.79 Å². The van der Waals surface area contributed by atoms with Gasteiger partial charge in [-0.15, -0.1) is 12.4 Å². The lowest BCUT2D eigenvalue weighted by Crippen LogP contribution is -2.49. The van der Waals surface area contributed by atoms with E-state index in [2.05, 4.69) is 21.4 Å². The van der Waals surface area contributed by atoms with Gasteiger partial charge in [0.1, 0.15) is 0 Å². The first-order chi connectivity index (χ1) is 12.2. The zero-order chi connectivity index (χ0) is 17.8. The molecule has 1 saturated heterocycles. The van der Waals surface area contributed by atoms with Gasteiger partial charge in [-0.25, -0.2) is 4.98 Å². The van der Waals surface area contributed by atoms with Gasteiger partial charge in [0.2, 0.25) is 5.95 Å². The second-order valence-electron chi connectivity index (χ2n) is 5.83. The minimum absolute atomic E-state index is 0. The molecule has 1 aliphatic rings. The number of carbonyl (C=O) groups excluding carboxylic acids is 1. The topological polar surface area (TPSA) is 59.8 Å². The number of piperazine rings is 1. The van der Waals surface area contributed by atoms with Crippen LogP contribution in [-0.2, 0) is 6.54 Å². The fourth-order valence-electron chi connectivity index (χ4n) is 3.17. The number of benzene rings is 1. The maximum atomic E-state index is 12.9. The van der Waals surface area contributed by atoms with Gasteiger partial charge < -0.3 is 23.8 Å². The lowest BCUT2D eigenvalue weighted by atomic mass is 10.1. The summed E-state index contributed by atoms with van der Waals surface area (Å²) in [5.41, 5.74) is 0.533. The summed E-state index contributed by atoms with van der Waals surface area (Å²) in [6.07, 6.45) is 3.80. The number of anilines is 1. The summed E-state index contributed by atoms with van der Waals surface area (Å²) in [6, 6.07) is 5.38. The Morgan fingerprint density at radius 2 is 1.88 bits per heavy atom. The number of rotatable bonds is 5. The lowest BCUT2D eigenvalue weighted by molar-refractivity contribution is 0.0742. The van der Waals surface area contributed by atoms with Gasteiger partial charge in [-0.1, -0.05) is 6.07 Å². The summed E-state index contributed by atoms with van der Waals surface area (Å²) in [6.45, 7) is 5.80. The third-order valence-corrected chi connectivity index (χ3v) is 4.52. The number of imidazole rings is 1. The van der Waals surface area contributed by atoms with Crippen molar-refractivity contribution in [3.63, 3.8) is 0 Å². The Labute approximate surface area is 159 Å². The summed E-state index contributed by atoms with van der Waals surface area (Å²) in [4.78, 5) is 21.4. The molecule has 1 amide bonds. The number of hydrogen-bond acceptors (Lipinski definition) is 5. The molecule has 0 radical (unpaired) electrons. The van der Waals surface area contributed by atoms with Gasteiger partial charge in [0, 0.05) is 45.1 Å². The van der Waals surface area contributed by atoms with E-state index in [1.807, 2.05) is 23.4 Å². The molecule has 0 spiro atoms. The normalized spacial score (nSPS) is 14.0. The Balaban J connectivity index is 0.00000243. The third kappa shape index (κ3) is 3.72. The lowest BCUT2D eigenvalue weighted by Gasteiger charge is -2.35. The van der Waals surface area contributed by atoms with Gasteiger partial charge in [-0.3, -0.25) is 4.79 Å². The molecule has 0 bridgehead atoms. The number of aromatic nitrogens is 2. The molecular weight excluding hydrogens is 356 g/mol. The van der Waals surface area contributed by atoms with E-state index in [0.29, 0.717) is 30.2 Å². The van der Waals surface area contributed by atoms with E-state index < -0.39 is 0 Å². The number of carbonyl (C=O) groups is 1. The van der Waals surface area contributed by atoms with E-state index >= 15 is 0 Å². The Morgan fingerprint density at radius 1 is 1.15 bits per heavy atom. The van der Waals surface area contributed by atoms with Crippen LogP contribution in [0.2, 0.25) is 0 Å². The van der Waals surface area contributed by atoms with Crippen molar-refractivity contribution in [3.05, 3.63) is 36.2 Å². The Morgan fingerprint density at radius 3 is 2.50 bits per heavy atom. The maximum Gasteiger partial charge on any atom is 0.257 e. The van der Waals surface area contributed by atoms with Gasteiger partial charge in [0.25, 0.3) is 5.91 Å². The minimum Gasteiger partial charge on any atom is -0.493 e. The van der Waals surface area contributed by atoms with E-state index in [1.54, 1.807) is 26.4 Å². The number of halogens is 1. The van der Waals surface area contributed by atoms with Crippen LogP contribution in [0.15, 0.2) is 30.6 Å². The van der Waals surface area contributed by atoms with Gasteiger partial charge in [-0.05, 0) is 19.1 Å². The number of ether oxygens (including phenoxy) is 2. The van der Waals surface area contributed by atoms with Crippen molar-refractivity contribution < 1.29 is 14.3 Å². The highest BCUT2D eigenvalue weighted by molar-refractivity contribution is 5.98. The van der Waals surface area contributed by atoms with Gasteiger partial charge in [0.15, 0.2) is 11.5 Å². The van der Waals surface area contributed by atoms with Crippen LogP contribution in [0.4, 0.5) is 5.95 Å². The van der Waals surface area contributed by atoms with Crippen LogP contribution >= 0.6 is 12.4 Å². The van der Waals surface area contributed by atoms with Crippen molar-refractivity contribution in [2.45, 2.75) is 13.5 Å². The quantitative estimate of drug-likeness (QED) is 0.796. The number of para-hydroxylation sites is 1. The summed E-state index contributed by atoms with van der Waals surface area (Å²) < 4.78 is 12.8. The minimum atomic E-state index is -0.0331. The molecule has 2 heterocycles. The molecule has 8 heteroatoms. The Kier molecular flexibility index (Phi) is 6.74. The van der Waals surface area contributed by atoms with E-state index in [-0.39, 0.29) is 18.3 Å². The van der Waals surface area contributed by atoms with Crippen molar-refractivity contribution in [2.75, 3.05) is 45.3 Å². The van der Waals surface area contributed by atoms with Crippen LogP contribution in [0.25, 0.3) is 0 Å². The second kappa shape index (κ2) is 8.80. The molecule has 0 aliphatic carbocycles. The van der Waals surface area contributed by atoms with Gasteiger partial charge in [-0.2, -0.15) is 0 Å². The molecular formula is C18H25ClN4O3. The first-order valence-electron chi connectivity index (χ1n) is 8.46. The van der Waals surface area contributed by atoms with Gasteiger partial charge >= 0.3 is 0 Å². The predicted molar refractivity (Wildman–Crippen MR) is 103 cm³/mol. The zero-order valence-corrected chi connectivity index (χ0v) is 16.2. The standard InChI is InChI=1S/C18H24N4O3.ClH/c1-4-20-9-8-19-18(20)22-12-10-21(11-13-22)17(23)14-6-5-7-15(24-2)16(14)25-3;/h5-9H,4,10-13H2,1-3H3;1H. The van der Waals surface area contributed by atoms with Gasteiger partial charge in [0.05, 0.1) is 19.8 Å². The molecule has 142 valence electrons. The third-order valence-electron chi connectivity index (χ3n) is 4.52. The number of hydrogen-bond donors (Lipinski definition) is 0. The van der Waals surface area contributed by atoms with Crippen molar-refractivity contribution in [2.24, 2.45) is 0 Å². The molecule has 0 N–H and O–H groups in total. The van der Waals surface area contributed by atoms with E-state index in [0.717, 1.165) is 25.6 Å². The predicted octanol–water partition coefficient (Wildman–Crippen LogP) is 2.30. The first kappa shape index (κ1) is 19.9. The SMILES string of the molecule is CCn1ccnc1N1CCN(C(=O)c2cccc(OC)c2OC)CC1.Cl. The van der Waals surface area contributed by atoms with Crippen LogP contribution < -0.4 is 14.4 Å². The molecule has 7 nitrogen and oxygen atoms in total. The summed E-state index contributed by atoms with van der Waals surface area (Å²) in [5, 5.41) is 0. The molecule has 26 heavy (non-hydrogen) atoms. The van der Waals surface area contributed by atoms with Crippen LogP contribution in [0, 0.1) is 0 Å². The van der Waals surface area contributed by atoms with Crippen LogP contribution in [0.3, 0.4) is 0 Å². The number of amides is 1. The van der Waals surface area contributed by atoms with Crippen molar-refractivity contribution in [1.29, 1.82) is 0 Å². The maximum absolute atomic E-state index is 12.9. The largest absolute Gasteiger partial charge is 0.493 e. The van der Waals surface area contributed by atoms with Crippen LogP contribution in [-0.4, -0.2) is 60.8 Å². The highest BCUT2D eigenvalue weighted by Gasteiger charge is 2.26. The van der Waals surface area contributed by atoms with E-state index in [1.165, 1.54) is 0 Å². The highest BCUT2D eigenvalue weighted by Crippen LogP contribution is 2.31. The molecule has 1 aliphatic heterocycles. The van der Waals surface area contributed by atoms with Crippen LogP contribution in [0.1, 0.15) is 17.3 Å².